The van der Waals surface area contributed by atoms with Gasteiger partial charge in [0.1, 0.15) is 0 Å². The normalized spacial score (nSPS) is 11.2. The van der Waals surface area contributed by atoms with Gasteiger partial charge in [0.2, 0.25) is 0 Å². The fraction of sp³-hybridized carbons (Fsp3) is 0.500. The third-order valence-corrected chi connectivity index (χ3v) is 4.87. The Bertz CT molecular complexity index is 569. The van der Waals surface area contributed by atoms with Crippen molar-refractivity contribution in [2.24, 2.45) is 0 Å². The predicted molar refractivity (Wildman–Crippen MR) is 114 cm³/mol. The van der Waals surface area contributed by atoms with Crippen LogP contribution < -0.4 is 5.32 Å². The van der Waals surface area contributed by atoms with Gasteiger partial charge in [-0.15, -0.1) is 0 Å². The summed E-state index contributed by atoms with van der Waals surface area (Å²) in [5, 5.41) is 3.60. The Kier molecular flexibility index (Phi) is 10.1. The van der Waals surface area contributed by atoms with Gasteiger partial charge in [0.25, 0.3) is 0 Å². The molecule has 0 aromatic heterocycles. The Hall–Kier alpha value is -1.64. The maximum absolute atomic E-state index is 3.60. The molecule has 2 heteroatoms. The highest BCUT2D eigenvalue weighted by Gasteiger charge is 2.03. The van der Waals surface area contributed by atoms with Gasteiger partial charge in [0.05, 0.1) is 0 Å². The Morgan fingerprint density at radius 3 is 1.88 bits per heavy atom. The quantitative estimate of drug-likeness (QED) is 0.463. The van der Waals surface area contributed by atoms with Crippen LogP contribution in [0.2, 0.25) is 0 Å². The molecule has 1 N–H and O–H groups in total. The number of hydrogen-bond acceptors (Lipinski definition) is 2. The molecule has 2 aromatic carbocycles. The molecule has 2 rings (SSSR count). The van der Waals surface area contributed by atoms with Crippen LogP contribution in [-0.2, 0) is 6.54 Å². The summed E-state index contributed by atoms with van der Waals surface area (Å²) in [5.74, 6) is 0. The summed E-state index contributed by atoms with van der Waals surface area (Å²) in [6, 6.07) is 19.5. The molecule has 0 aliphatic heterocycles. The van der Waals surface area contributed by atoms with Crippen molar-refractivity contribution in [1.29, 1.82) is 0 Å². The molecule has 0 amide bonds. The molecule has 142 valence electrons. The zero-order chi connectivity index (χ0) is 18.5. The van der Waals surface area contributed by atoms with Crippen LogP contribution in [0, 0.1) is 0 Å². The van der Waals surface area contributed by atoms with Crippen molar-refractivity contribution in [1.82, 2.24) is 10.2 Å². The molecule has 0 unspecified atom stereocenters. The number of benzene rings is 2. The number of nitrogens with zero attached hydrogens (tertiary/aromatic N) is 1. The number of rotatable bonds is 13. The Balaban J connectivity index is 1.67. The first-order valence-electron chi connectivity index (χ1n) is 10.4. The Morgan fingerprint density at radius 2 is 1.27 bits per heavy atom. The van der Waals surface area contributed by atoms with E-state index in [1.165, 1.54) is 68.4 Å². The highest BCUT2D eigenvalue weighted by atomic mass is 15.1. The lowest BCUT2D eigenvalue weighted by Gasteiger charge is -2.22. The predicted octanol–water partition coefficient (Wildman–Crippen LogP) is 5.74. The van der Waals surface area contributed by atoms with Crippen LogP contribution in [0.4, 0.5) is 0 Å². The lowest BCUT2D eigenvalue weighted by atomic mass is 10.0. The van der Waals surface area contributed by atoms with Crippen LogP contribution in [0.25, 0.3) is 11.1 Å². The zero-order valence-corrected chi connectivity index (χ0v) is 16.7. The first kappa shape index (κ1) is 20.7. The number of hydrogen-bond donors (Lipinski definition) is 1. The van der Waals surface area contributed by atoms with Crippen molar-refractivity contribution in [3.05, 3.63) is 60.2 Å². The van der Waals surface area contributed by atoms with E-state index >= 15 is 0 Å². The molecule has 2 nitrogen and oxygen atoms in total. The maximum Gasteiger partial charge on any atom is 0.0205 e. The fourth-order valence-corrected chi connectivity index (χ4v) is 3.20. The van der Waals surface area contributed by atoms with Crippen molar-refractivity contribution >= 4 is 0 Å². The van der Waals surface area contributed by atoms with Crippen LogP contribution in [0.1, 0.15) is 51.5 Å². The molecular formula is C24H36N2. The molecule has 26 heavy (non-hydrogen) atoms. The van der Waals surface area contributed by atoms with Crippen LogP contribution >= 0.6 is 0 Å². The van der Waals surface area contributed by atoms with Gasteiger partial charge in [-0.3, -0.25) is 0 Å². The highest BCUT2D eigenvalue weighted by Crippen LogP contribution is 2.19. The highest BCUT2D eigenvalue weighted by molar-refractivity contribution is 5.63. The molecular weight excluding hydrogens is 316 g/mol. The monoisotopic (exact) mass is 352 g/mol. The largest absolute Gasteiger partial charge is 0.313 e. The molecule has 0 saturated carbocycles. The molecule has 0 saturated heterocycles. The molecule has 0 fully saturated rings. The first-order valence-corrected chi connectivity index (χ1v) is 10.4. The molecule has 0 heterocycles. The minimum atomic E-state index is 0.957. The van der Waals surface area contributed by atoms with E-state index in [-0.39, 0.29) is 0 Å². The Morgan fingerprint density at radius 1 is 0.692 bits per heavy atom. The van der Waals surface area contributed by atoms with E-state index in [9.17, 15) is 0 Å². The summed E-state index contributed by atoms with van der Waals surface area (Å²) in [4.78, 5) is 2.64. The van der Waals surface area contributed by atoms with Gasteiger partial charge >= 0.3 is 0 Å². The minimum Gasteiger partial charge on any atom is -0.313 e. The average molecular weight is 353 g/mol. The van der Waals surface area contributed by atoms with Gasteiger partial charge in [-0.1, -0.05) is 81.3 Å². The molecule has 0 bridgehead atoms. The van der Waals surface area contributed by atoms with E-state index in [2.05, 4.69) is 78.7 Å². The van der Waals surface area contributed by atoms with Gasteiger partial charge in [-0.2, -0.15) is 0 Å². The zero-order valence-electron chi connectivity index (χ0n) is 16.7. The van der Waals surface area contributed by atoms with Gasteiger partial charge in [0.15, 0.2) is 0 Å². The average Bonchev–Trinajstić information content (AvgIpc) is 2.70. The topological polar surface area (TPSA) is 15.3 Å². The Labute approximate surface area is 160 Å². The standard InChI is InChI=1S/C24H36N2/c1-3-5-18-26(19-6-4-2)20-10-17-25-21-22-13-15-24(16-14-22)23-11-8-7-9-12-23/h7-9,11-16,25H,3-6,10,17-21H2,1-2H3. The van der Waals surface area contributed by atoms with Gasteiger partial charge in [0, 0.05) is 6.54 Å². The minimum absolute atomic E-state index is 0.957. The van der Waals surface area contributed by atoms with E-state index in [1.807, 2.05) is 0 Å². The van der Waals surface area contributed by atoms with Crippen molar-refractivity contribution in [2.45, 2.75) is 52.5 Å². The van der Waals surface area contributed by atoms with E-state index in [0.29, 0.717) is 0 Å². The first-order chi connectivity index (χ1) is 12.8. The summed E-state index contributed by atoms with van der Waals surface area (Å²) in [6.45, 7) is 10.4. The van der Waals surface area contributed by atoms with Crippen LogP contribution in [0.15, 0.2) is 54.6 Å². The molecule has 0 atom stereocenters. The molecule has 0 aliphatic rings. The number of nitrogens with one attached hydrogen (secondary N) is 1. The van der Waals surface area contributed by atoms with E-state index in [1.54, 1.807) is 0 Å². The third kappa shape index (κ3) is 7.72. The fourth-order valence-electron chi connectivity index (χ4n) is 3.20. The van der Waals surface area contributed by atoms with E-state index in [4.69, 9.17) is 0 Å². The van der Waals surface area contributed by atoms with Gasteiger partial charge in [-0.05, 0) is 62.1 Å². The van der Waals surface area contributed by atoms with Crippen LogP contribution in [0.5, 0.6) is 0 Å². The second-order valence-electron chi connectivity index (χ2n) is 7.14. The second kappa shape index (κ2) is 12.7. The molecule has 2 aromatic rings. The van der Waals surface area contributed by atoms with Crippen molar-refractivity contribution in [2.75, 3.05) is 26.2 Å². The molecule has 0 spiro atoms. The second-order valence-corrected chi connectivity index (χ2v) is 7.14. The SMILES string of the molecule is CCCCN(CCCC)CCCNCc1ccc(-c2ccccc2)cc1. The summed E-state index contributed by atoms with van der Waals surface area (Å²) >= 11 is 0. The van der Waals surface area contributed by atoms with Gasteiger partial charge in [-0.25, -0.2) is 0 Å². The molecule has 0 radical (unpaired) electrons. The van der Waals surface area contributed by atoms with Crippen molar-refractivity contribution < 1.29 is 0 Å². The van der Waals surface area contributed by atoms with Crippen molar-refractivity contribution in [3.8, 4) is 11.1 Å². The van der Waals surface area contributed by atoms with Crippen LogP contribution in [-0.4, -0.2) is 31.1 Å². The maximum atomic E-state index is 3.60. The van der Waals surface area contributed by atoms with Gasteiger partial charge < -0.3 is 10.2 Å². The lowest BCUT2D eigenvalue weighted by molar-refractivity contribution is 0.261. The lowest BCUT2D eigenvalue weighted by Crippen LogP contribution is -2.29. The summed E-state index contributed by atoms with van der Waals surface area (Å²) in [5.41, 5.74) is 3.93. The number of unbranched alkanes of at least 4 members (excludes halogenated alkanes) is 2. The van der Waals surface area contributed by atoms with Crippen molar-refractivity contribution in [3.63, 3.8) is 0 Å². The molecule has 0 aliphatic carbocycles. The van der Waals surface area contributed by atoms with E-state index < -0.39 is 0 Å². The van der Waals surface area contributed by atoms with Crippen LogP contribution in [0.3, 0.4) is 0 Å². The third-order valence-electron chi connectivity index (χ3n) is 4.87. The smallest absolute Gasteiger partial charge is 0.0205 e. The summed E-state index contributed by atoms with van der Waals surface area (Å²) in [7, 11) is 0. The van der Waals surface area contributed by atoms with E-state index in [0.717, 1.165) is 13.1 Å². The summed E-state index contributed by atoms with van der Waals surface area (Å²) in [6.07, 6.45) is 6.46. The summed E-state index contributed by atoms with van der Waals surface area (Å²) < 4.78 is 0.